The van der Waals surface area contributed by atoms with Crippen molar-refractivity contribution < 1.29 is 24.3 Å². The van der Waals surface area contributed by atoms with Gasteiger partial charge in [0.2, 0.25) is 0 Å². The highest BCUT2D eigenvalue weighted by atomic mass is 16.6. The molecule has 1 aromatic heterocycles. The van der Waals surface area contributed by atoms with Crippen molar-refractivity contribution in [2.24, 2.45) is 0 Å². The molecule has 0 fully saturated rings. The monoisotopic (exact) mass is 448 g/mol. The van der Waals surface area contributed by atoms with Crippen LogP contribution in [0, 0.1) is 25.2 Å². The molecule has 0 saturated heterocycles. The third-order valence-corrected chi connectivity index (χ3v) is 5.23. The predicted molar refractivity (Wildman–Crippen MR) is 127 cm³/mol. The molecular weight excluding hydrogens is 418 g/mol. The maximum Gasteiger partial charge on any atom is 0.271 e. The van der Waals surface area contributed by atoms with E-state index in [0.717, 1.165) is 27.3 Å². The van der Waals surface area contributed by atoms with Gasteiger partial charge in [0.05, 0.1) is 12.7 Å². The molecule has 172 valence electrons. The maximum absolute atomic E-state index is 12.9. The van der Waals surface area contributed by atoms with Crippen molar-refractivity contribution in [3.05, 3.63) is 70.5 Å². The topological polar surface area (TPSA) is 100 Å². The standard InChI is InChI=1S/C24H23N3O4.C2H6/c1-6-9-27-23(28)18(16(4)20(13-25)24(27)29)12-17-7-8-22(31-17)19-10-14(2)15(3)11-21(19)26-30-5;1-2/h6-8,10-12,26H,1,9H2,2-5H3;1-2H3/p+1/b18-12+;. The Bertz CT molecular complexity index is 1180. The average molecular weight is 449 g/mol. The summed E-state index contributed by atoms with van der Waals surface area (Å²) in [6.45, 7) is 13.2. The summed E-state index contributed by atoms with van der Waals surface area (Å²) in [6, 6.07) is 9.50. The van der Waals surface area contributed by atoms with Gasteiger partial charge < -0.3 is 4.42 Å². The molecule has 0 saturated carbocycles. The van der Waals surface area contributed by atoms with Gasteiger partial charge in [0.15, 0.2) is 5.69 Å². The number of hydrogen-bond donors (Lipinski definition) is 1. The molecule has 2 amide bonds. The lowest BCUT2D eigenvalue weighted by atomic mass is 9.94. The SMILES string of the molecule is C=CCN1C(=O)C(C#N)=C(C)/C(=C\c2ccc(-c3cc(C)c(C)cc3[NH2+]OC)o2)C1=O.CC. The minimum Gasteiger partial charge on any atom is -0.456 e. The van der Waals surface area contributed by atoms with Crippen molar-refractivity contribution in [1.29, 1.82) is 5.26 Å². The molecule has 7 nitrogen and oxygen atoms in total. The van der Waals surface area contributed by atoms with E-state index in [1.165, 1.54) is 6.08 Å². The Balaban J connectivity index is 0.00000187. The maximum atomic E-state index is 12.9. The van der Waals surface area contributed by atoms with E-state index in [-0.39, 0.29) is 17.7 Å². The van der Waals surface area contributed by atoms with Gasteiger partial charge in [-0.2, -0.15) is 10.7 Å². The van der Waals surface area contributed by atoms with Crippen molar-refractivity contribution in [1.82, 2.24) is 4.90 Å². The first kappa shape index (κ1) is 25.5. The number of aryl methyl sites for hydroxylation is 2. The van der Waals surface area contributed by atoms with Gasteiger partial charge in [0.1, 0.15) is 23.2 Å². The number of amides is 2. The largest absolute Gasteiger partial charge is 0.456 e. The van der Waals surface area contributed by atoms with Crippen LogP contribution in [-0.2, 0) is 14.4 Å². The van der Waals surface area contributed by atoms with Gasteiger partial charge in [-0.25, -0.2) is 4.84 Å². The third kappa shape index (κ3) is 5.20. The van der Waals surface area contributed by atoms with Gasteiger partial charge in [0, 0.05) is 18.2 Å². The van der Waals surface area contributed by atoms with E-state index < -0.39 is 11.8 Å². The van der Waals surface area contributed by atoms with E-state index in [1.54, 1.807) is 31.7 Å². The highest BCUT2D eigenvalue weighted by Crippen LogP contribution is 2.32. The Labute approximate surface area is 194 Å². The van der Waals surface area contributed by atoms with Gasteiger partial charge in [0.25, 0.3) is 11.8 Å². The number of furan rings is 1. The highest BCUT2D eigenvalue weighted by Gasteiger charge is 2.34. The molecule has 0 unspecified atom stereocenters. The number of rotatable bonds is 6. The van der Waals surface area contributed by atoms with Gasteiger partial charge in [-0.15, -0.1) is 6.58 Å². The van der Waals surface area contributed by atoms with Gasteiger partial charge >= 0.3 is 0 Å². The van der Waals surface area contributed by atoms with E-state index >= 15 is 0 Å². The Morgan fingerprint density at radius 2 is 1.82 bits per heavy atom. The summed E-state index contributed by atoms with van der Waals surface area (Å²) < 4.78 is 6.01. The number of nitrogens with two attached hydrogens (primary N) is 1. The zero-order chi connectivity index (χ0) is 24.7. The summed E-state index contributed by atoms with van der Waals surface area (Å²) in [4.78, 5) is 31.5. The molecule has 1 aromatic carbocycles. The number of carbonyl (C=O) groups excluding carboxylic acids is 2. The Hall–Kier alpha value is -3.73. The molecule has 0 bridgehead atoms. The lowest BCUT2D eigenvalue weighted by molar-refractivity contribution is -0.829. The van der Waals surface area contributed by atoms with Crippen LogP contribution in [0.3, 0.4) is 0 Å². The Morgan fingerprint density at radius 3 is 2.42 bits per heavy atom. The van der Waals surface area contributed by atoms with Crippen molar-refractivity contribution in [2.75, 3.05) is 13.7 Å². The normalized spacial score (nSPS) is 14.8. The fraction of sp³-hybridized carbons (Fsp3) is 0.269. The summed E-state index contributed by atoms with van der Waals surface area (Å²) in [5.74, 6) is -0.0526. The highest BCUT2D eigenvalue weighted by molar-refractivity contribution is 6.19. The van der Waals surface area contributed by atoms with Crippen LogP contribution in [-0.4, -0.2) is 30.4 Å². The minimum absolute atomic E-state index is 0.0235. The first-order valence-electron chi connectivity index (χ1n) is 10.7. The summed E-state index contributed by atoms with van der Waals surface area (Å²) in [5, 5.41) is 9.41. The summed E-state index contributed by atoms with van der Waals surface area (Å²) in [7, 11) is 1.59. The van der Waals surface area contributed by atoms with E-state index in [4.69, 9.17) is 9.25 Å². The lowest BCUT2D eigenvalue weighted by Crippen LogP contribution is -2.76. The third-order valence-electron chi connectivity index (χ3n) is 5.23. The quantitative estimate of drug-likeness (QED) is 0.236. The molecule has 3 rings (SSSR count). The molecule has 2 N–H and O–H groups in total. The average Bonchev–Trinajstić information content (AvgIpc) is 3.27. The van der Waals surface area contributed by atoms with E-state index in [0.29, 0.717) is 17.1 Å². The van der Waals surface area contributed by atoms with Gasteiger partial charge in [-0.1, -0.05) is 19.9 Å². The van der Waals surface area contributed by atoms with Gasteiger partial charge in [-0.05, 0) is 61.7 Å². The molecule has 2 heterocycles. The number of carbonyl (C=O) groups is 2. The van der Waals surface area contributed by atoms with Crippen molar-refractivity contribution in [3.8, 4) is 17.4 Å². The number of nitriles is 1. The van der Waals surface area contributed by atoms with Crippen LogP contribution < -0.4 is 5.48 Å². The second-order valence-electron chi connectivity index (χ2n) is 7.26. The second kappa shape index (κ2) is 11.2. The van der Waals surface area contributed by atoms with Crippen LogP contribution in [0.2, 0.25) is 0 Å². The van der Waals surface area contributed by atoms with Crippen LogP contribution in [0.15, 0.2) is 58.1 Å². The first-order valence-corrected chi connectivity index (χ1v) is 10.7. The van der Waals surface area contributed by atoms with Crippen molar-refractivity contribution >= 4 is 23.6 Å². The van der Waals surface area contributed by atoms with Crippen LogP contribution in [0.25, 0.3) is 17.4 Å². The molecule has 2 aromatic rings. The number of imide groups is 1. The zero-order valence-electron chi connectivity index (χ0n) is 20.0. The summed E-state index contributed by atoms with van der Waals surface area (Å²) in [5.41, 5.74) is 6.13. The minimum atomic E-state index is -0.614. The first-order chi connectivity index (χ1) is 15.8. The van der Waals surface area contributed by atoms with E-state index in [2.05, 4.69) is 6.58 Å². The number of hydrogen-bond acceptors (Lipinski definition) is 5. The second-order valence-corrected chi connectivity index (χ2v) is 7.26. The van der Waals surface area contributed by atoms with Crippen molar-refractivity contribution in [3.63, 3.8) is 0 Å². The fourth-order valence-electron chi connectivity index (χ4n) is 3.42. The molecule has 7 heteroatoms. The van der Waals surface area contributed by atoms with Crippen LogP contribution in [0.4, 0.5) is 5.69 Å². The van der Waals surface area contributed by atoms with E-state index in [1.807, 2.05) is 52.0 Å². The molecule has 33 heavy (non-hydrogen) atoms. The molecule has 0 atom stereocenters. The van der Waals surface area contributed by atoms with Crippen LogP contribution in [0.5, 0.6) is 0 Å². The summed E-state index contributed by atoms with van der Waals surface area (Å²) in [6.07, 6.45) is 3.00. The number of quaternary nitrogens is 1. The number of benzene rings is 1. The van der Waals surface area contributed by atoms with Gasteiger partial charge in [-0.3, -0.25) is 14.5 Å². The Kier molecular flexibility index (Phi) is 8.69. The predicted octanol–water partition coefficient (Wildman–Crippen LogP) is 4.12. The Morgan fingerprint density at radius 1 is 1.15 bits per heavy atom. The summed E-state index contributed by atoms with van der Waals surface area (Å²) >= 11 is 0. The zero-order valence-corrected chi connectivity index (χ0v) is 20.0. The molecule has 0 spiro atoms. The molecular formula is C26H30N3O4+. The molecule has 1 aliphatic rings. The van der Waals surface area contributed by atoms with Crippen LogP contribution in [0.1, 0.15) is 37.7 Å². The van der Waals surface area contributed by atoms with Crippen LogP contribution >= 0.6 is 0 Å². The molecule has 1 aliphatic heterocycles. The van der Waals surface area contributed by atoms with E-state index in [9.17, 15) is 14.9 Å². The number of nitrogens with zero attached hydrogens (tertiary/aromatic N) is 2. The fourth-order valence-corrected chi connectivity index (χ4v) is 3.42. The smallest absolute Gasteiger partial charge is 0.271 e. The molecule has 0 aliphatic carbocycles. The lowest BCUT2D eigenvalue weighted by Gasteiger charge is -2.26. The van der Waals surface area contributed by atoms with Crippen molar-refractivity contribution in [2.45, 2.75) is 34.6 Å². The molecule has 0 radical (unpaired) electrons.